The topological polar surface area (TPSA) is 53.5 Å². The molecule has 2 amide bonds. The van der Waals surface area contributed by atoms with Gasteiger partial charge in [-0.05, 0) is 24.8 Å². The molecule has 24 heavy (non-hydrogen) atoms. The Morgan fingerprint density at radius 3 is 2.96 bits per heavy atom. The maximum Gasteiger partial charge on any atom is 0.254 e. The summed E-state index contributed by atoms with van der Waals surface area (Å²) in [4.78, 5) is 33.3. The lowest BCUT2D eigenvalue weighted by Gasteiger charge is -2.23. The van der Waals surface area contributed by atoms with Crippen molar-refractivity contribution in [3.05, 3.63) is 38.5 Å². The molecule has 5 nitrogen and oxygen atoms in total. The van der Waals surface area contributed by atoms with Crippen LogP contribution >= 0.6 is 22.7 Å². The molecule has 2 saturated heterocycles. The summed E-state index contributed by atoms with van der Waals surface area (Å²) in [6.45, 7) is 4.72. The average Bonchev–Trinajstić information content (AvgIpc) is 3.30. The van der Waals surface area contributed by atoms with Crippen LogP contribution in [0.5, 0.6) is 0 Å². The Hall–Kier alpha value is -1.73. The van der Waals surface area contributed by atoms with Crippen LogP contribution in [0.15, 0.2) is 22.2 Å². The number of hydrogen-bond acceptors (Lipinski definition) is 5. The third-order valence-corrected chi connectivity index (χ3v) is 6.42. The Morgan fingerprint density at radius 1 is 1.38 bits per heavy atom. The predicted octanol–water partition coefficient (Wildman–Crippen LogP) is 2.78. The summed E-state index contributed by atoms with van der Waals surface area (Å²) in [6.07, 6.45) is 1.45. The standard InChI is InChI=1S/C17H19N3O2S2/c1-12-18-14(9-24-12)7-20-11-17(6-15(20)21)3-4-19(10-17)16(22)13-2-5-23-8-13/h2,5,8-9H,3-4,6-7,10-11H2,1H3. The van der Waals surface area contributed by atoms with Gasteiger partial charge in [-0.3, -0.25) is 9.59 Å². The molecule has 4 heterocycles. The molecule has 126 valence electrons. The largest absolute Gasteiger partial charge is 0.338 e. The Bertz CT molecular complexity index is 771. The van der Waals surface area contributed by atoms with E-state index >= 15 is 0 Å². The van der Waals surface area contributed by atoms with Crippen molar-refractivity contribution in [2.75, 3.05) is 19.6 Å². The highest BCUT2D eigenvalue weighted by molar-refractivity contribution is 7.09. The summed E-state index contributed by atoms with van der Waals surface area (Å²) in [5, 5.41) is 6.87. The van der Waals surface area contributed by atoms with Crippen molar-refractivity contribution in [3.8, 4) is 0 Å². The van der Waals surface area contributed by atoms with Crippen LogP contribution in [-0.2, 0) is 11.3 Å². The highest BCUT2D eigenvalue weighted by Gasteiger charge is 2.48. The van der Waals surface area contributed by atoms with Crippen LogP contribution in [-0.4, -0.2) is 46.2 Å². The number of rotatable bonds is 3. The number of carbonyl (C=O) groups is 2. The number of amides is 2. The predicted molar refractivity (Wildman–Crippen MR) is 94.2 cm³/mol. The van der Waals surface area contributed by atoms with E-state index in [2.05, 4.69) is 4.98 Å². The smallest absolute Gasteiger partial charge is 0.254 e. The molecule has 0 bridgehead atoms. The Balaban J connectivity index is 1.43. The maximum absolute atomic E-state index is 12.5. The summed E-state index contributed by atoms with van der Waals surface area (Å²) in [6, 6.07) is 1.87. The van der Waals surface area contributed by atoms with Gasteiger partial charge in [0, 0.05) is 42.2 Å². The molecule has 0 N–H and O–H groups in total. The van der Waals surface area contributed by atoms with Gasteiger partial charge in [0.15, 0.2) is 0 Å². The van der Waals surface area contributed by atoms with Crippen LogP contribution in [0, 0.1) is 12.3 Å². The SMILES string of the molecule is Cc1nc(CN2CC3(CCN(C(=O)c4ccsc4)C3)CC2=O)cs1. The van der Waals surface area contributed by atoms with Gasteiger partial charge in [0.2, 0.25) is 5.91 Å². The molecule has 2 aromatic rings. The van der Waals surface area contributed by atoms with Gasteiger partial charge in [0.25, 0.3) is 5.91 Å². The van der Waals surface area contributed by atoms with E-state index in [-0.39, 0.29) is 17.2 Å². The number of carbonyl (C=O) groups excluding carboxylic acids is 2. The fraction of sp³-hybridized carbons (Fsp3) is 0.471. The molecule has 1 unspecified atom stereocenters. The van der Waals surface area contributed by atoms with Gasteiger partial charge in [-0.15, -0.1) is 11.3 Å². The Labute approximate surface area is 148 Å². The number of aromatic nitrogens is 1. The lowest BCUT2D eigenvalue weighted by molar-refractivity contribution is -0.128. The van der Waals surface area contributed by atoms with E-state index in [1.165, 1.54) is 11.3 Å². The molecule has 0 saturated carbocycles. The number of thiophene rings is 1. The lowest BCUT2D eigenvalue weighted by Crippen LogP contribution is -2.34. The van der Waals surface area contributed by atoms with Crippen molar-refractivity contribution in [1.82, 2.24) is 14.8 Å². The molecule has 7 heteroatoms. The van der Waals surface area contributed by atoms with Crippen LogP contribution in [0.2, 0.25) is 0 Å². The van der Waals surface area contributed by atoms with Crippen LogP contribution in [0.1, 0.15) is 33.9 Å². The molecule has 2 aliphatic heterocycles. The number of aryl methyl sites for hydroxylation is 1. The summed E-state index contributed by atoms with van der Waals surface area (Å²) >= 11 is 3.15. The highest BCUT2D eigenvalue weighted by atomic mass is 32.1. The van der Waals surface area contributed by atoms with E-state index in [1.807, 2.05) is 38.9 Å². The van der Waals surface area contributed by atoms with Crippen LogP contribution < -0.4 is 0 Å². The molecule has 2 aliphatic rings. The van der Waals surface area contributed by atoms with E-state index in [9.17, 15) is 9.59 Å². The number of hydrogen-bond donors (Lipinski definition) is 0. The molecular weight excluding hydrogens is 342 g/mol. The van der Waals surface area contributed by atoms with Crippen molar-refractivity contribution < 1.29 is 9.59 Å². The van der Waals surface area contributed by atoms with Gasteiger partial charge in [-0.25, -0.2) is 4.98 Å². The zero-order valence-electron chi connectivity index (χ0n) is 13.5. The average molecular weight is 361 g/mol. The zero-order chi connectivity index (χ0) is 16.7. The molecule has 0 aliphatic carbocycles. The Morgan fingerprint density at radius 2 is 2.25 bits per heavy atom. The number of thiazole rings is 1. The summed E-state index contributed by atoms with van der Waals surface area (Å²) in [5.74, 6) is 0.277. The minimum Gasteiger partial charge on any atom is -0.338 e. The van der Waals surface area contributed by atoms with E-state index in [4.69, 9.17) is 0 Å². The first-order chi connectivity index (χ1) is 11.5. The van der Waals surface area contributed by atoms with E-state index in [0.29, 0.717) is 19.5 Å². The van der Waals surface area contributed by atoms with E-state index in [1.54, 1.807) is 11.3 Å². The molecule has 0 radical (unpaired) electrons. The van der Waals surface area contributed by atoms with Gasteiger partial charge >= 0.3 is 0 Å². The second-order valence-electron chi connectivity index (χ2n) is 6.77. The molecular formula is C17H19N3O2S2. The summed E-state index contributed by atoms with van der Waals surface area (Å²) in [7, 11) is 0. The van der Waals surface area contributed by atoms with E-state index in [0.717, 1.165) is 35.8 Å². The van der Waals surface area contributed by atoms with Gasteiger partial charge in [-0.2, -0.15) is 11.3 Å². The fourth-order valence-corrected chi connectivity index (χ4v) is 4.99. The van der Waals surface area contributed by atoms with Crippen molar-refractivity contribution >= 4 is 34.5 Å². The normalized spacial score (nSPS) is 23.6. The summed E-state index contributed by atoms with van der Waals surface area (Å²) < 4.78 is 0. The fourth-order valence-electron chi connectivity index (χ4n) is 3.75. The van der Waals surface area contributed by atoms with Crippen molar-refractivity contribution in [3.63, 3.8) is 0 Å². The van der Waals surface area contributed by atoms with Gasteiger partial charge in [0.1, 0.15) is 0 Å². The minimum absolute atomic E-state index is 0.0756. The maximum atomic E-state index is 12.5. The molecule has 4 rings (SSSR count). The number of likely N-dealkylation sites (tertiary alicyclic amines) is 2. The van der Waals surface area contributed by atoms with Crippen molar-refractivity contribution in [2.24, 2.45) is 5.41 Å². The molecule has 2 fully saturated rings. The monoisotopic (exact) mass is 361 g/mol. The summed E-state index contributed by atoms with van der Waals surface area (Å²) in [5.41, 5.74) is 1.65. The molecule has 0 aromatic carbocycles. The van der Waals surface area contributed by atoms with Gasteiger partial charge < -0.3 is 9.80 Å². The number of nitrogens with zero attached hydrogens (tertiary/aromatic N) is 3. The third-order valence-electron chi connectivity index (χ3n) is 4.92. The second-order valence-corrected chi connectivity index (χ2v) is 8.62. The first-order valence-corrected chi connectivity index (χ1v) is 9.87. The van der Waals surface area contributed by atoms with Crippen LogP contribution in [0.25, 0.3) is 0 Å². The third kappa shape index (κ3) is 2.86. The molecule has 1 atom stereocenters. The highest BCUT2D eigenvalue weighted by Crippen LogP contribution is 2.41. The van der Waals surface area contributed by atoms with Crippen molar-refractivity contribution in [1.29, 1.82) is 0 Å². The quantitative estimate of drug-likeness (QED) is 0.845. The second kappa shape index (κ2) is 5.97. The lowest BCUT2D eigenvalue weighted by atomic mass is 9.86. The first-order valence-electron chi connectivity index (χ1n) is 8.05. The van der Waals surface area contributed by atoms with Gasteiger partial charge in [0.05, 0.1) is 22.8 Å². The van der Waals surface area contributed by atoms with Gasteiger partial charge in [-0.1, -0.05) is 0 Å². The van der Waals surface area contributed by atoms with Crippen LogP contribution in [0.3, 0.4) is 0 Å². The molecule has 2 aromatic heterocycles. The first kappa shape index (κ1) is 15.8. The van der Waals surface area contributed by atoms with Crippen LogP contribution in [0.4, 0.5) is 0 Å². The van der Waals surface area contributed by atoms with Crippen molar-refractivity contribution in [2.45, 2.75) is 26.3 Å². The Kier molecular flexibility index (Phi) is 3.92. The minimum atomic E-state index is -0.0756. The zero-order valence-corrected chi connectivity index (χ0v) is 15.2. The van der Waals surface area contributed by atoms with E-state index < -0.39 is 0 Å². The molecule has 1 spiro atoms.